The normalized spacial score (nSPS) is 19.9. The minimum absolute atomic E-state index is 0.00599. The summed E-state index contributed by atoms with van der Waals surface area (Å²) in [7, 11) is 0. The molecule has 0 spiro atoms. The Bertz CT molecular complexity index is 961. The number of rotatable bonds is 6. The molecule has 0 aliphatic carbocycles. The highest BCUT2D eigenvalue weighted by Gasteiger charge is 2.43. The molecule has 2 aromatic carbocycles. The first kappa shape index (κ1) is 19.6. The first-order valence-electron chi connectivity index (χ1n) is 9.79. The van der Waals surface area contributed by atoms with Crippen LogP contribution in [0.2, 0.25) is 0 Å². The molecule has 0 fully saturated rings. The van der Waals surface area contributed by atoms with Gasteiger partial charge in [-0.15, -0.1) is 0 Å². The largest absolute Gasteiger partial charge is 0.356 e. The fourth-order valence-corrected chi connectivity index (χ4v) is 4.25. The predicted octanol–water partition coefficient (Wildman–Crippen LogP) is 2.86. The molecule has 4 rings (SSSR count). The summed E-state index contributed by atoms with van der Waals surface area (Å²) in [5.74, 6) is -0.218. The predicted molar refractivity (Wildman–Crippen MR) is 117 cm³/mol. The van der Waals surface area contributed by atoms with Gasteiger partial charge < -0.3 is 15.6 Å². The van der Waals surface area contributed by atoms with Crippen LogP contribution in [0, 0.1) is 5.92 Å². The second kappa shape index (κ2) is 8.37. The third-order valence-electron chi connectivity index (χ3n) is 5.33. The Morgan fingerprint density at radius 2 is 2.03 bits per heavy atom. The van der Waals surface area contributed by atoms with E-state index < -0.39 is 0 Å². The van der Waals surface area contributed by atoms with Crippen molar-refractivity contribution in [1.82, 2.24) is 10.7 Å². The van der Waals surface area contributed by atoms with Crippen LogP contribution in [0.15, 0.2) is 58.1 Å². The van der Waals surface area contributed by atoms with Crippen molar-refractivity contribution in [1.29, 1.82) is 0 Å². The van der Waals surface area contributed by atoms with E-state index in [2.05, 4.69) is 31.8 Å². The van der Waals surface area contributed by atoms with Crippen molar-refractivity contribution in [3.63, 3.8) is 0 Å². The van der Waals surface area contributed by atoms with Crippen molar-refractivity contribution in [2.24, 2.45) is 11.0 Å². The number of benzene rings is 2. The number of hydrogen-bond acceptors (Lipinski definition) is 4. The third kappa shape index (κ3) is 4.05. The highest BCUT2D eigenvalue weighted by atomic mass is 79.9. The van der Waals surface area contributed by atoms with Gasteiger partial charge >= 0.3 is 0 Å². The summed E-state index contributed by atoms with van der Waals surface area (Å²) in [6.07, 6.45) is 1.05. The smallest absolute Gasteiger partial charge is 0.238 e. The van der Waals surface area contributed by atoms with E-state index in [4.69, 9.17) is 0 Å². The maximum atomic E-state index is 13.1. The number of amides is 2. The van der Waals surface area contributed by atoms with E-state index in [1.165, 1.54) is 0 Å². The van der Waals surface area contributed by atoms with Crippen molar-refractivity contribution in [3.05, 3.63) is 64.1 Å². The summed E-state index contributed by atoms with van der Waals surface area (Å²) in [5, 5.41) is 7.36. The molecule has 0 aromatic heterocycles. The number of halogens is 1. The van der Waals surface area contributed by atoms with Gasteiger partial charge in [0.25, 0.3) is 0 Å². The molecule has 0 radical (unpaired) electrons. The van der Waals surface area contributed by atoms with E-state index in [0.29, 0.717) is 25.9 Å². The lowest BCUT2D eigenvalue weighted by atomic mass is 9.86. The van der Waals surface area contributed by atoms with Gasteiger partial charge in [-0.2, -0.15) is 5.10 Å². The zero-order valence-corrected chi connectivity index (χ0v) is 17.8. The highest BCUT2D eigenvalue weighted by Crippen LogP contribution is 2.36. The van der Waals surface area contributed by atoms with Gasteiger partial charge in [-0.25, -0.2) is 0 Å². The Labute approximate surface area is 178 Å². The number of nitrogens with one attached hydrogen (secondary N) is 2. The second-order valence-electron chi connectivity index (χ2n) is 7.41. The molecule has 2 atom stereocenters. The van der Waals surface area contributed by atoms with Gasteiger partial charge in [0, 0.05) is 23.1 Å². The average molecular weight is 455 g/mol. The van der Waals surface area contributed by atoms with Crippen LogP contribution in [0.1, 0.15) is 24.5 Å². The molecule has 29 heavy (non-hydrogen) atoms. The Hall–Kier alpha value is -2.67. The fourth-order valence-electron chi connectivity index (χ4n) is 3.89. The van der Waals surface area contributed by atoms with Crippen LogP contribution in [0.5, 0.6) is 0 Å². The van der Waals surface area contributed by atoms with Crippen LogP contribution in [0.3, 0.4) is 0 Å². The third-order valence-corrected chi connectivity index (χ3v) is 5.82. The van der Waals surface area contributed by atoms with Crippen molar-refractivity contribution in [2.45, 2.75) is 25.8 Å². The minimum Gasteiger partial charge on any atom is -0.356 e. The molecule has 2 aliphatic rings. The summed E-state index contributed by atoms with van der Waals surface area (Å²) in [5.41, 5.74) is 6.70. The molecule has 2 aromatic rings. The van der Waals surface area contributed by atoms with Crippen LogP contribution in [-0.2, 0) is 16.0 Å². The molecular formula is C22H23BrN4O2. The van der Waals surface area contributed by atoms with Crippen molar-refractivity contribution in [2.75, 3.05) is 18.0 Å². The maximum absolute atomic E-state index is 13.1. The molecule has 0 saturated carbocycles. The van der Waals surface area contributed by atoms with E-state index in [9.17, 15) is 9.59 Å². The topological polar surface area (TPSA) is 73.8 Å². The fraction of sp³-hybridized carbons (Fsp3) is 0.318. The average Bonchev–Trinajstić information content (AvgIpc) is 3.10. The zero-order chi connectivity index (χ0) is 20.4. The molecule has 2 unspecified atom stereocenters. The molecule has 7 heteroatoms. The number of carbonyl (C=O) groups is 2. The van der Waals surface area contributed by atoms with Crippen LogP contribution in [0.4, 0.5) is 5.69 Å². The number of anilines is 1. The van der Waals surface area contributed by atoms with Gasteiger partial charge in [-0.05, 0) is 37.1 Å². The van der Waals surface area contributed by atoms with Crippen LogP contribution < -0.4 is 15.6 Å². The molecule has 2 N–H and O–H groups in total. The number of fused-ring (bicyclic) bond motifs is 3. The van der Waals surface area contributed by atoms with E-state index in [-0.39, 0.29) is 23.8 Å². The zero-order valence-electron chi connectivity index (χ0n) is 16.2. The first-order valence-corrected chi connectivity index (χ1v) is 10.6. The van der Waals surface area contributed by atoms with Crippen molar-refractivity contribution in [3.8, 4) is 0 Å². The lowest BCUT2D eigenvalue weighted by molar-refractivity contribution is -0.121. The number of nitrogens with zero attached hydrogens (tertiary/aromatic N) is 2. The molecule has 2 aliphatic heterocycles. The van der Waals surface area contributed by atoms with E-state index in [1.807, 2.05) is 60.4 Å². The van der Waals surface area contributed by atoms with Crippen LogP contribution in [0.25, 0.3) is 0 Å². The molecule has 150 valence electrons. The van der Waals surface area contributed by atoms with Crippen molar-refractivity contribution >= 4 is 39.1 Å². The maximum Gasteiger partial charge on any atom is 0.238 e. The molecule has 2 heterocycles. The summed E-state index contributed by atoms with van der Waals surface area (Å²) in [6.45, 7) is 3.06. The van der Waals surface area contributed by atoms with Gasteiger partial charge in [0.2, 0.25) is 11.8 Å². The van der Waals surface area contributed by atoms with E-state index >= 15 is 0 Å². The molecule has 0 bridgehead atoms. The van der Waals surface area contributed by atoms with Gasteiger partial charge in [-0.3, -0.25) is 9.59 Å². The highest BCUT2D eigenvalue weighted by molar-refractivity contribution is 9.10. The van der Waals surface area contributed by atoms with Gasteiger partial charge in [0.15, 0.2) is 0 Å². The van der Waals surface area contributed by atoms with Crippen molar-refractivity contribution < 1.29 is 9.59 Å². The Morgan fingerprint density at radius 3 is 2.83 bits per heavy atom. The summed E-state index contributed by atoms with van der Waals surface area (Å²) in [6, 6.07) is 15.5. The molecule has 6 nitrogen and oxygen atoms in total. The monoisotopic (exact) mass is 454 g/mol. The second-order valence-corrected chi connectivity index (χ2v) is 8.33. The van der Waals surface area contributed by atoms with Crippen LogP contribution >= 0.6 is 15.9 Å². The lowest BCUT2D eigenvalue weighted by Gasteiger charge is -2.34. The van der Waals surface area contributed by atoms with E-state index in [1.54, 1.807) is 0 Å². The number of carbonyl (C=O) groups excluding carboxylic acids is 2. The van der Waals surface area contributed by atoms with Gasteiger partial charge in [0.1, 0.15) is 5.92 Å². The first-order chi connectivity index (χ1) is 14.0. The van der Waals surface area contributed by atoms with Gasteiger partial charge in [-0.1, -0.05) is 46.3 Å². The quantitative estimate of drug-likeness (QED) is 0.658. The Morgan fingerprint density at radius 1 is 1.24 bits per heavy atom. The number of hydrazone groups is 1. The van der Waals surface area contributed by atoms with Gasteiger partial charge in [0.05, 0.1) is 23.9 Å². The summed E-state index contributed by atoms with van der Waals surface area (Å²) < 4.78 is 0.958. The summed E-state index contributed by atoms with van der Waals surface area (Å²) >= 11 is 3.52. The van der Waals surface area contributed by atoms with Crippen LogP contribution in [-0.4, -0.2) is 36.7 Å². The SMILES string of the molecule is CC1NN=C2c3cc(Br)ccc3N(CCCNC(=O)Cc3ccccc3)C(=O)C21. The number of hydrogen-bond donors (Lipinski definition) is 2. The molecule has 0 saturated heterocycles. The lowest BCUT2D eigenvalue weighted by Crippen LogP contribution is -2.48. The Balaban J connectivity index is 1.40. The molecular weight excluding hydrogens is 432 g/mol. The summed E-state index contributed by atoms with van der Waals surface area (Å²) in [4.78, 5) is 27.1. The molecule has 2 amide bonds. The standard InChI is InChI=1S/C22H23BrN4O2/c1-14-20-21(26-25-14)17-13-16(23)8-9-18(17)27(22(20)29)11-5-10-24-19(28)12-15-6-3-2-4-7-15/h2-4,6-9,13-14,20,25H,5,10-12H2,1H3,(H,24,28). The van der Waals surface area contributed by atoms with E-state index in [0.717, 1.165) is 27.0 Å². The Kier molecular flexibility index (Phi) is 5.67. The minimum atomic E-state index is -0.274.